The predicted octanol–water partition coefficient (Wildman–Crippen LogP) is 2.42. The monoisotopic (exact) mass is 195 g/mol. The molecule has 0 amide bonds. The molecule has 0 saturated heterocycles. The third-order valence-electron chi connectivity index (χ3n) is 2.23. The molecular formula is C11H12FO2. The number of rotatable bonds is 4. The molecule has 1 aliphatic rings. The first-order chi connectivity index (χ1) is 6.79. The summed E-state index contributed by atoms with van der Waals surface area (Å²) in [5.41, 5.74) is 0. The largest absolute Gasteiger partial charge is 0.494 e. The first-order valence-electron chi connectivity index (χ1n) is 4.67. The minimum atomic E-state index is -0.411. The van der Waals surface area contributed by atoms with Crippen LogP contribution in [0.15, 0.2) is 12.1 Å². The molecule has 0 spiro atoms. The first kappa shape index (κ1) is 9.31. The average molecular weight is 195 g/mol. The van der Waals surface area contributed by atoms with Crippen LogP contribution in [0.2, 0.25) is 0 Å². The molecule has 14 heavy (non-hydrogen) atoms. The van der Waals surface area contributed by atoms with Gasteiger partial charge in [-0.1, -0.05) is 0 Å². The molecule has 0 atom stereocenters. The van der Waals surface area contributed by atoms with E-state index in [0.29, 0.717) is 18.3 Å². The summed E-state index contributed by atoms with van der Waals surface area (Å²) in [6.45, 7) is 0.700. The molecule has 2 nitrogen and oxygen atoms in total. The second kappa shape index (κ2) is 3.86. The van der Waals surface area contributed by atoms with E-state index in [2.05, 4.69) is 6.07 Å². The third-order valence-corrected chi connectivity index (χ3v) is 2.23. The Morgan fingerprint density at radius 1 is 1.57 bits per heavy atom. The highest BCUT2D eigenvalue weighted by molar-refractivity contribution is 5.33. The van der Waals surface area contributed by atoms with Gasteiger partial charge < -0.3 is 9.47 Å². The van der Waals surface area contributed by atoms with Crippen LogP contribution in [0.5, 0.6) is 11.5 Å². The number of hydrogen-bond donors (Lipinski definition) is 0. The van der Waals surface area contributed by atoms with Crippen LogP contribution in [-0.4, -0.2) is 13.7 Å². The average Bonchev–Trinajstić information content (AvgIpc) is 3.00. The van der Waals surface area contributed by atoms with Crippen molar-refractivity contribution >= 4 is 0 Å². The smallest absolute Gasteiger partial charge is 0.165 e. The van der Waals surface area contributed by atoms with Gasteiger partial charge in [-0.3, -0.25) is 0 Å². The second-order valence-corrected chi connectivity index (χ2v) is 3.47. The van der Waals surface area contributed by atoms with E-state index in [1.54, 1.807) is 0 Å². The molecular weight excluding hydrogens is 183 g/mol. The van der Waals surface area contributed by atoms with E-state index in [1.807, 2.05) is 0 Å². The Morgan fingerprint density at radius 3 is 3.00 bits per heavy atom. The normalized spacial score (nSPS) is 15.3. The molecule has 0 aromatic heterocycles. The van der Waals surface area contributed by atoms with E-state index in [-0.39, 0.29) is 5.75 Å². The summed E-state index contributed by atoms with van der Waals surface area (Å²) < 4.78 is 23.2. The van der Waals surface area contributed by atoms with Gasteiger partial charge in [-0.2, -0.15) is 0 Å². The molecule has 2 rings (SSSR count). The lowest BCUT2D eigenvalue weighted by Gasteiger charge is -2.06. The molecule has 0 unspecified atom stereocenters. The maximum atomic E-state index is 13.0. The zero-order chi connectivity index (χ0) is 9.97. The Balaban J connectivity index is 2.01. The fourth-order valence-corrected chi connectivity index (χ4v) is 1.17. The van der Waals surface area contributed by atoms with E-state index in [9.17, 15) is 4.39 Å². The fraction of sp³-hybridized carbons (Fsp3) is 0.455. The van der Waals surface area contributed by atoms with Crippen LogP contribution in [0.1, 0.15) is 12.8 Å². The van der Waals surface area contributed by atoms with Gasteiger partial charge in [-0.15, -0.1) is 0 Å². The Morgan fingerprint density at radius 2 is 2.36 bits per heavy atom. The van der Waals surface area contributed by atoms with E-state index < -0.39 is 5.82 Å². The summed E-state index contributed by atoms with van der Waals surface area (Å²) in [6.07, 6.45) is 2.47. The van der Waals surface area contributed by atoms with Crippen molar-refractivity contribution in [1.82, 2.24) is 0 Å². The molecule has 0 bridgehead atoms. The molecule has 1 radical (unpaired) electrons. The van der Waals surface area contributed by atoms with Crippen LogP contribution < -0.4 is 9.47 Å². The molecule has 3 heteroatoms. The van der Waals surface area contributed by atoms with Crippen molar-refractivity contribution in [1.29, 1.82) is 0 Å². The van der Waals surface area contributed by atoms with Crippen LogP contribution in [0.3, 0.4) is 0 Å². The summed E-state index contributed by atoms with van der Waals surface area (Å²) in [5.74, 6) is 1.02. The Bertz CT molecular complexity index is 321. The first-order valence-corrected chi connectivity index (χ1v) is 4.67. The molecule has 0 heterocycles. The molecule has 1 aliphatic carbocycles. The SMILES string of the molecule is COc1cc(OCC2CC2)[c]cc1F. The molecule has 1 aromatic rings. The van der Waals surface area contributed by atoms with E-state index in [1.165, 1.54) is 32.1 Å². The molecule has 75 valence electrons. The van der Waals surface area contributed by atoms with Gasteiger partial charge in [0.25, 0.3) is 0 Å². The maximum Gasteiger partial charge on any atom is 0.165 e. The van der Waals surface area contributed by atoms with Crippen molar-refractivity contribution in [2.75, 3.05) is 13.7 Å². The molecule has 0 N–H and O–H groups in total. The fourth-order valence-electron chi connectivity index (χ4n) is 1.17. The van der Waals surface area contributed by atoms with Crippen molar-refractivity contribution in [3.05, 3.63) is 24.0 Å². The standard InChI is InChI=1S/C11H12FO2/c1-13-11-6-9(4-5-10(11)12)14-7-8-2-3-8/h5-6,8H,2-3,7H2,1H3. The summed E-state index contributed by atoms with van der Waals surface area (Å²) in [5, 5.41) is 0. The maximum absolute atomic E-state index is 13.0. The lowest BCUT2D eigenvalue weighted by atomic mass is 10.3. The lowest BCUT2D eigenvalue weighted by molar-refractivity contribution is 0.295. The molecule has 1 saturated carbocycles. The van der Waals surface area contributed by atoms with E-state index in [4.69, 9.17) is 9.47 Å². The minimum absolute atomic E-state index is 0.203. The van der Waals surface area contributed by atoms with Crippen molar-refractivity contribution < 1.29 is 13.9 Å². The highest BCUT2D eigenvalue weighted by Crippen LogP contribution is 2.30. The number of hydrogen-bond acceptors (Lipinski definition) is 2. The second-order valence-electron chi connectivity index (χ2n) is 3.47. The van der Waals surface area contributed by atoms with Gasteiger partial charge in [0.2, 0.25) is 0 Å². The van der Waals surface area contributed by atoms with Crippen LogP contribution in [0.4, 0.5) is 4.39 Å². The van der Waals surface area contributed by atoms with Crippen LogP contribution in [0, 0.1) is 17.8 Å². The number of benzene rings is 1. The molecule has 1 fully saturated rings. The number of halogens is 1. The van der Waals surface area contributed by atoms with Gasteiger partial charge in [0.05, 0.1) is 13.7 Å². The minimum Gasteiger partial charge on any atom is -0.494 e. The Labute approximate surface area is 82.6 Å². The van der Waals surface area contributed by atoms with Gasteiger partial charge in [0, 0.05) is 12.1 Å². The van der Waals surface area contributed by atoms with Gasteiger partial charge in [0.15, 0.2) is 11.6 Å². The van der Waals surface area contributed by atoms with Crippen molar-refractivity contribution in [2.45, 2.75) is 12.8 Å². The quantitative estimate of drug-likeness (QED) is 0.734. The summed E-state index contributed by atoms with van der Waals surface area (Å²) in [4.78, 5) is 0. The van der Waals surface area contributed by atoms with Crippen LogP contribution >= 0.6 is 0 Å². The zero-order valence-corrected chi connectivity index (χ0v) is 8.05. The van der Waals surface area contributed by atoms with E-state index >= 15 is 0 Å². The number of ether oxygens (including phenoxy) is 2. The van der Waals surface area contributed by atoms with Gasteiger partial charge in [0.1, 0.15) is 5.75 Å². The van der Waals surface area contributed by atoms with Gasteiger partial charge in [-0.25, -0.2) is 4.39 Å². The zero-order valence-electron chi connectivity index (χ0n) is 8.05. The van der Waals surface area contributed by atoms with E-state index in [0.717, 1.165) is 0 Å². The van der Waals surface area contributed by atoms with Crippen molar-refractivity contribution in [3.63, 3.8) is 0 Å². The Hall–Kier alpha value is -1.25. The molecule has 1 aromatic carbocycles. The van der Waals surface area contributed by atoms with Gasteiger partial charge in [-0.05, 0) is 24.8 Å². The highest BCUT2D eigenvalue weighted by atomic mass is 19.1. The highest BCUT2D eigenvalue weighted by Gasteiger charge is 2.22. The predicted molar refractivity (Wildman–Crippen MR) is 50.0 cm³/mol. The van der Waals surface area contributed by atoms with Crippen molar-refractivity contribution in [2.24, 2.45) is 5.92 Å². The lowest BCUT2D eigenvalue weighted by Crippen LogP contribution is -1.99. The summed E-state index contributed by atoms with van der Waals surface area (Å²) in [6, 6.07) is 5.48. The summed E-state index contributed by atoms with van der Waals surface area (Å²) in [7, 11) is 1.43. The molecule has 0 aliphatic heterocycles. The van der Waals surface area contributed by atoms with Gasteiger partial charge >= 0.3 is 0 Å². The topological polar surface area (TPSA) is 18.5 Å². The summed E-state index contributed by atoms with van der Waals surface area (Å²) >= 11 is 0. The van der Waals surface area contributed by atoms with Crippen molar-refractivity contribution in [3.8, 4) is 11.5 Å². The van der Waals surface area contributed by atoms with Crippen LogP contribution in [-0.2, 0) is 0 Å². The number of methoxy groups -OCH3 is 1. The van der Waals surface area contributed by atoms with Crippen LogP contribution in [0.25, 0.3) is 0 Å². The Kier molecular flexibility index (Phi) is 2.57. The third kappa shape index (κ3) is 2.16.